The Hall–Kier alpha value is -2.37. The Labute approximate surface area is 118 Å². The first-order valence-corrected chi connectivity index (χ1v) is 5.97. The van der Waals surface area contributed by atoms with Crippen LogP contribution < -0.4 is 4.74 Å². The summed E-state index contributed by atoms with van der Waals surface area (Å²) in [4.78, 5) is 10.8. The molecule has 0 saturated heterocycles. The van der Waals surface area contributed by atoms with E-state index in [1.807, 2.05) is 0 Å². The zero-order chi connectivity index (χ0) is 15.4. The molecule has 0 unspecified atom stereocenters. The van der Waals surface area contributed by atoms with E-state index in [0.29, 0.717) is 17.9 Å². The van der Waals surface area contributed by atoms with E-state index in [9.17, 15) is 22.4 Å². The summed E-state index contributed by atoms with van der Waals surface area (Å²) in [6.45, 7) is -0.879. The molecule has 0 heterocycles. The second-order valence-electron chi connectivity index (χ2n) is 4.20. The number of ether oxygens (including phenoxy) is 1. The minimum Gasteiger partial charge on any atom is -0.487 e. The zero-order valence-corrected chi connectivity index (χ0v) is 10.7. The van der Waals surface area contributed by atoms with E-state index in [4.69, 9.17) is 4.74 Å². The summed E-state index contributed by atoms with van der Waals surface area (Å²) in [5.74, 6) is -1.60. The summed E-state index contributed by atoms with van der Waals surface area (Å²) in [6, 6.07) is 7.02. The van der Waals surface area contributed by atoms with Crippen LogP contribution in [-0.2, 0) is 0 Å². The van der Waals surface area contributed by atoms with Gasteiger partial charge in [-0.15, -0.1) is 0 Å². The van der Waals surface area contributed by atoms with Crippen molar-refractivity contribution >= 4 is 6.29 Å². The Morgan fingerprint density at radius 2 is 1.86 bits per heavy atom. The summed E-state index contributed by atoms with van der Waals surface area (Å²) in [5, 5.41) is 0. The molecule has 110 valence electrons. The Balaban J connectivity index is 2.40. The van der Waals surface area contributed by atoms with Gasteiger partial charge in [0.25, 0.3) is 6.43 Å². The van der Waals surface area contributed by atoms with Crippen molar-refractivity contribution in [2.45, 2.75) is 6.43 Å². The lowest BCUT2D eigenvalue weighted by Crippen LogP contribution is -2.08. The summed E-state index contributed by atoms with van der Waals surface area (Å²) < 4.78 is 55.8. The molecular weight excluding hydrogens is 288 g/mol. The molecule has 2 aromatic rings. The van der Waals surface area contributed by atoms with Crippen LogP contribution in [0.4, 0.5) is 17.6 Å². The molecule has 2 aromatic carbocycles. The Kier molecular flexibility index (Phi) is 4.57. The molecule has 0 aliphatic rings. The molecule has 0 bridgehead atoms. The highest BCUT2D eigenvalue weighted by Crippen LogP contribution is 2.29. The van der Waals surface area contributed by atoms with E-state index in [2.05, 4.69) is 0 Å². The number of rotatable bonds is 5. The molecule has 0 fully saturated rings. The Morgan fingerprint density at radius 3 is 2.48 bits per heavy atom. The highest BCUT2D eigenvalue weighted by Gasteiger charge is 2.12. The number of aldehydes is 1. The highest BCUT2D eigenvalue weighted by molar-refractivity contribution is 5.82. The van der Waals surface area contributed by atoms with Gasteiger partial charge in [-0.25, -0.2) is 17.6 Å². The van der Waals surface area contributed by atoms with E-state index in [-0.39, 0.29) is 16.9 Å². The van der Waals surface area contributed by atoms with Crippen molar-refractivity contribution in [2.24, 2.45) is 0 Å². The number of carbonyl (C=O) groups is 1. The molecule has 2 rings (SSSR count). The predicted molar refractivity (Wildman–Crippen MR) is 68.7 cm³/mol. The maximum Gasteiger partial charge on any atom is 0.272 e. The average Bonchev–Trinajstić information content (AvgIpc) is 2.45. The largest absolute Gasteiger partial charge is 0.487 e. The fourth-order valence-electron chi connectivity index (χ4n) is 1.80. The summed E-state index contributed by atoms with van der Waals surface area (Å²) >= 11 is 0. The molecule has 0 aliphatic heterocycles. The van der Waals surface area contributed by atoms with Crippen LogP contribution in [0.5, 0.6) is 5.75 Å². The second kappa shape index (κ2) is 6.39. The van der Waals surface area contributed by atoms with Gasteiger partial charge in [0, 0.05) is 11.6 Å². The van der Waals surface area contributed by atoms with Crippen LogP contribution in [0.2, 0.25) is 0 Å². The van der Waals surface area contributed by atoms with Crippen molar-refractivity contribution in [2.75, 3.05) is 6.61 Å². The third-order valence-electron chi connectivity index (χ3n) is 2.75. The van der Waals surface area contributed by atoms with Gasteiger partial charge in [0.15, 0.2) is 6.29 Å². The first-order chi connectivity index (χ1) is 10.0. The van der Waals surface area contributed by atoms with Crippen LogP contribution in [0, 0.1) is 11.6 Å². The molecular formula is C15H10F4O2. The third kappa shape index (κ3) is 3.59. The molecule has 0 amide bonds. The van der Waals surface area contributed by atoms with Crippen molar-refractivity contribution in [1.82, 2.24) is 0 Å². The number of benzene rings is 2. The fraction of sp³-hybridized carbons (Fsp3) is 0.133. The van der Waals surface area contributed by atoms with Crippen LogP contribution in [0.1, 0.15) is 10.4 Å². The molecule has 0 aliphatic carbocycles. The molecule has 2 nitrogen and oxygen atoms in total. The van der Waals surface area contributed by atoms with Crippen molar-refractivity contribution in [3.05, 3.63) is 53.6 Å². The van der Waals surface area contributed by atoms with Crippen LogP contribution in [0.15, 0.2) is 36.4 Å². The molecule has 0 spiro atoms. The van der Waals surface area contributed by atoms with Gasteiger partial charge in [0.2, 0.25) is 0 Å². The molecule has 0 saturated carbocycles. The average molecular weight is 298 g/mol. The van der Waals surface area contributed by atoms with Gasteiger partial charge >= 0.3 is 0 Å². The number of hydrogen-bond acceptors (Lipinski definition) is 2. The fourth-order valence-corrected chi connectivity index (χ4v) is 1.80. The minimum absolute atomic E-state index is 0.0712. The van der Waals surface area contributed by atoms with Gasteiger partial charge in [-0.05, 0) is 29.8 Å². The van der Waals surface area contributed by atoms with E-state index < -0.39 is 24.7 Å². The number of hydrogen-bond donors (Lipinski definition) is 0. The molecule has 0 atom stereocenters. The van der Waals surface area contributed by atoms with Gasteiger partial charge in [0.05, 0.1) is 5.56 Å². The molecule has 0 N–H and O–H groups in total. The standard InChI is InChI=1S/C15H10F4O2/c16-11-3-4-12(13(17)6-11)9-1-2-10(7-20)14(5-9)21-8-15(18)19/h1-7,15H,8H2. The lowest BCUT2D eigenvalue weighted by molar-refractivity contribution is 0.0809. The third-order valence-corrected chi connectivity index (χ3v) is 2.75. The van der Waals surface area contributed by atoms with E-state index in [1.165, 1.54) is 24.3 Å². The van der Waals surface area contributed by atoms with E-state index in [0.717, 1.165) is 6.07 Å². The lowest BCUT2D eigenvalue weighted by atomic mass is 10.0. The quantitative estimate of drug-likeness (QED) is 0.614. The smallest absolute Gasteiger partial charge is 0.272 e. The van der Waals surface area contributed by atoms with Crippen LogP contribution in [0.25, 0.3) is 11.1 Å². The highest BCUT2D eigenvalue weighted by atomic mass is 19.3. The molecule has 6 heteroatoms. The van der Waals surface area contributed by atoms with Gasteiger partial charge in [-0.3, -0.25) is 4.79 Å². The monoisotopic (exact) mass is 298 g/mol. The maximum absolute atomic E-state index is 13.7. The lowest BCUT2D eigenvalue weighted by Gasteiger charge is -2.11. The first kappa shape index (κ1) is 15.0. The summed E-state index contributed by atoms with van der Waals surface area (Å²) in [6.07, 6.45) is -2.25. The van der Waals surface area contributed by atoms with Crippen molar-refractivity contribution in [1.29, 1.82) is 0 Å². The first-order valence-electron chi connectivity index (χ1n) is 5.97. The number of alkyl halides is 2. The van der Waals surface area contributed by atoms with Crippen LogP contribution >= 0.6 is 0 Å². The maximum atomic E-state index is 13.7. The normalized spacial score (nSPS) is 10.7. The van der Waals surface area contributed by atoms with E-state index in [1.54, 1.807) is 0 Å². The van der Waals surface area contributed by atoms with Gasteiger partial charge in [-0.2, -0.15) is 0 Å². The van der Waals surface area contributed by atoms with Crippen LogP contribution in [-0.4, -0.2) is 19.3 Å². The van der Waals surface area contributed by atoms with Gasteiger partial charge < -0.3 is 4.74 Å². The van der Waals surface area contributed by atoms with Gasteiger partial charge in [-0.1, -0.05) is 6.07 Å². The minimum atomic E-state index is -2.70. The van der Waals surface area contributed by atoms with Crippen LogP contribution in [0.3, 0.4) is 0 Å². The molecule has 21 heavy (non-hydrogen) atoms. The predicted octanol–water partition coefficient (Wildman–Crippen LogP) is 4.09. The van der Waals surface area contributed by atoms with Gasteiger partial charge in [0.1, 0.15) is 24.0 Å². The van der Waals surface area contributed by atoms with Crippen molar-refractivity contribution < 1.29 is 27.1 Å². The topological polar surface area (TPSA) is 26.3 Å². The van der Waals surface area contributed by atoms with Crippen molar-refractivity contribution in [3.8, 4) is 16.9 Å². The van der Waals surface area contributed by atoms with E-state index >= 15 is 0 Å². The number of carbonyl (C=O) groups excluding carboxylic acids is 1. The molecule has 0 aromatic heterocycles. The SMILES string of the molecule is O=Cc1ccc(-c2ccc(F)cc2F)cc1OCC(F)F. The Morgan fingerprint density at radius 1 is 1.10 bits per heavy atom. The van der Waals surface area contributed by atoms with Crippen molar-refractivity contribution in [3.63, 3.8) is 0 Å². The zero-order valence-electron chi connectivity index (χ0n) is 10.7. The Bertz CT molecular complexity index is 656. The second-order valence-corrected chi connectivity index (χ2v) is 4.20. The summed E-state index contributed by atoms with van der Waals surface area (Å²) in [7, 11) is 0. The summed E-state index contributed by atoms with van der Waals surface area (Å²) in [5.41, 5.74) is 0.444. The number of halogens is 4. The molecule has 0 radical (unpaired) electrons.